The van der Waals surface area contributed by atoms with Crippen molar-refractivity contribution >= 4 is 5.97 Å². The van der Waals surface area contributed by atoms with Crippen LogP contribution >= 0.6 is 0 Å². The second kappa shape index (κ2) is 10.2. The molecule has 0 aromatic rings. The van der Waals surface area contributed by atoms with Crippen LogP contribution in [0.2, 0.25) is 0 Å². The van der Waals surface area contributed by atoms with Gasteiger partial charge in [-0.3, -0.25) is 0 Å². The second-order valence-electron chi connectivity index (χ2n) is 13.0. The number of carbonyl (C=O) groups excluding carboxylic acids is 1. The van der Waals surface area contributed by atoms with Gasteiger partial charge in [-0.2, -0.15) is 0 Å². The maximum atomic E-state index is 12.2. The molecule has 4 rings (SSSR count). The van der Waals surface area contributed by atoms with Crippen LogP contribution in [0, 0.1) is 39.9 Å². The Balaban J connectivity index is 0.00000342. The van der Waals surface area contributed by atoms with Crippen LogP contribution in [0.15, 0.2) is 22.8 Å². The van der Waals surface area contributed by atoms with E-state index < -0.39 is 18.2 Å². The molecule has 3 N–H and O–H groups in total. The van der Waals surface area contributed by atoms with Gasteiger partial charge in [0.2, 0.25) is 0 Å². The van der Waals surface area contributed by atoms with Crippen LogP contribution in [-0.2, 0) is 4.79 Å². The van der Waals surface area contributed by atoms with E-state index in [9.17, 15) is 25.2 Å². The van der Waals surface area contributed by atoms with E-state index in [0.29, 0.717) is 37.2 Å². The Morgan fingerprint density at radius 2 is 1.71 bits per heavy atom. The van der Waals surface area contributed by atoms with Crippen LogP contribution in [-0.4, -0.2) is 39.6 Å². The molecule has 4 saturated carbocycles. The second-order valence-corrected chi connectivity index (χ2v) is 13.0. The van der Waals surface area contributed by atoms with E-state index in [1.165, 1.54) is 0 Å². The van der Waals surface area contributed by atoms with Crippen LogP contribution in [0.3, 0.4) is 0 Å². The summed E-state index contributed by atoms with van der Waals surface area (Å²) in [7, 11) is 0. The van der Waals surface area contributed by atoms with Gasteiger partial charge in [-0.1, -0.05) is 39.3 Å². The van der Waals surface area contributed by atoms with Gasteiger partial charge in [0.15, 0.2) is 0 Å². The van der Waals surface area contributed by atoms with Crippen molar-refractivity contribution in [3.63, 3.8) is 0 Å². The maximum absolute atomic E-state index is 12.2. The molecule has 5 nitrogen and oxygen atoms in total. The zero-order valence-electron chi connectivity index (χ0n) is 22.9. The minimum Gasteiger partial charge on any atom is -0.545 e. The third-order valence-electron chi connectivity index (χ3n) is 11.3. The van der Waals surface area contributed by atoms with Crippen LogP contribution in [0.4, 0.5) is 0 Å². The third-order valence-corrected chi connectivity index (χ3v) is 11.3. The molecular weight excluding hydrogens is 451 g/mol. The van der Waals surface area contributed by atoms with Gasteiger partial charge in [-0.05, 0) is 116 Å². The van der Waals surface area contributed by atoms with E-state index in [-0.39, 0.29) is 75.2 Å². The van der Waals surface area contributed by atoms with E-state index in [0.717, 1.165) is 31.3 Å². The monoisotopic (exact) mass is 496 g/mol. The Morgan fingerprint density at radius 3 is 2.31 bits per heavy atom. The number of aliphatic hydroxyl groups excluding tert-OH is 3. The molecule has 192 valence electrons. The number of allylic oxidation sites excluding steroid dienone is 2. The number of rotatable bonds is 4. The number of carbonyl (C=O) groups is 1. The van der Waals surface area contributed by atoms with Gasteiger partial charge in [0, 0.05) is 0 Å². The molecule has 0 amide bonds. The van der Waals surface area contributed by atoms with Gasteiger partial charge in [-0.25, -0.2) is 0 Å². The first-order valence-corrected chi connectivity index (χ1v) is 13.4. The molecule has 2 unspecified atom stereocenters. The zero-order chi connectivity index (χ0) is 25.2. The fraction of sp³-hybridized carbons (Fsp3) is 0.828. The van der Waals surface area contributed by atoms with Crippen LogP contribution in [0.25, 0.3) is 0 Å². The van der Waals surface area contributed by atoms with Gasteiger partial charge in [0.05, 0.1) is 24.3 Å². The number of fused-ring (bicyclic) bond motifs is 5. The SMILES string of the molecule is CC(C)=CCC/C(C(=O)[O-])=C1/[C@@H](O)C[C@@]2(C)[C@H]1CC(O)[C@H]1[C@@]3(C)CCC(O)[C@@H](C)[C@@H]3CC[C@@]12C.[Na+]. The molecule has 0 aromatic heterocycles. The summed E-state index contributed by atoms with van der Waals surface area (Å²) in [6.45, 7) is 13.0. The number of aliphatic hydroxyl groups is 3. The molecule has 0 aromatic carbocycles. The van der Waals surface area contributed by atoms with Crippen molar-refractivity contribution in [1.82, 2.24) is 0 Å². The van der Waals surface area contributed by atoms with Gasteiger partial charge >= 0.3 is 29.6 Å². The van der Waals surface area contributed by atoms with Gasteiger partial charge in [0.25, 0.3) is 0 Å². The summed E-state index contributed by atoms with van der Waals surface area (Å²) in [6.07, 6.45) is 5.95. The molecule has 4 aliphatic carbocycles. The molecular formula is C29H45NaO5. The summed E-state index contributed by atoms with van der Waals surface area (Å²) in [5, 5.41) is 45.8. The van der Waals surface area contributed by atoms with Crippen molar-refractivity contribution in [3.05, 3.63) is 22.8 Å². The predicted molar refractivity (Wildman–Crippen MR) is 130 cm³/mol. The van der Waals surface area contributed by atoms with E-state index in [2.05, 4.69) is 27.7 Å². The topological polar surface area (TPSA) is 101 Å². The average molecular weight is 497 g/mol. The third kappa shape index (κ3) is 4.44. The van der Waals surface area contributed by atoms with Crippen LogP contribution in [0.1, 0.15) is 92.9 Å². The van der Waals surface area contributed by atoms with E-state index >= 15 is 0 Å². The minimum absolute atomic E-state index is 0. The Bertz CT molecular complexity index is 894. The Kier molecular flexibility index (Phi) is 8.55. The van der Waals surface area contributed by atoms with E-state index in [1.807, 2.05) is 19.9 Å². The van der Waals surface area contributed by atoms with Crippen molar-refractivity contribution < 1.29 is 54.8 Å². The fourth-order valence-corrected chi connectivity index (χ4v) is 9.50. The summed E-state index contributed by atoms with van der Waals surface area (Å²) in [4.78, 5) is 12.2. The maximum Gasteiger partial charge on any atom is 1.00 e. The standard InChI is InChI=1S/C29H46O5.Na/c1-16(2)8-7-9-18(26(33)34)24-20-14-22(31)25-27(4)12-11-21(30)17(3)19(27)10-13-28(25,5)29(20,6)15-23(24)32;/h8,17,19-23,25,30-32H,7,9-15H2,1-6H3,(H,33,34);/q;+1/p-1/b24-18-;/t17-,19-,20-,21?,22?,23-,25-,27-,28-,29-;/m0./s1. The molecule has 4 fully saturated rings. The summed E-state index contributed by atoms with van der Waals surface area (Å²) >= 11 is 0. The first-order valence-electron chi connectivity index (χ1n) is 13.4. The van der Waals surface area contributed by atoms with Gasteiger partial charge in [0.1, 0.15) is 0 Å². The normalized spacial score (nSPS) is 48.1. The molecule has 0 spiro atoms. The summed E-state index contributed by atoms with van der Waals surface area (Å²) in [6, 6.07) is 0. The van der Waals surface area contributed by atoms with E-state index in [4.69, 9.17) is 0 Å². The average Bonchev–Trinajstić information content (AvgIpc) is 2.99. The summed E-state index contributed by atoms with van der Waals surface area (Å²) < 4.78 is 0. The first-order chi connectivity index (χ1) is 15.8. The Morgan fingerprint density at radius 1 is 1.06 bits per heavy atom. The quantitative estimate of drug-likeness (QED) is 0.303. The van der Waals surface area contributed by atoms with Crippen LogP contribution < -0.4 is 34.7 Å². The predicted octanol–water partition coefficient (Wildman–Crippen LogP) is 0.765. The molecule has 0 aliphatic heterocycles. The van der Waals surface area contributed by atoms with Gasteiger partial charge in [-0.15, -0.1) is 0 Å². The van der Waals surface area contributed by atoms with Crippen molar-refractivity contribution in [2.24, 2.45) is 39.9 Å². The molecule has 0 radical (unpaired) electrons. The first kappa shape index (κ1) is 29.4. The number of carboxylic acid groups (broad SMARTS) is 1. The summed E-state index contributed by atoms with van der Waals surface area (Å²) in [5.74, 6) is -0.699. The fourth-order valence-electron chi connectivity index (χ4n) is 9.50. The van der Waals surface area contributed by atoms with Gasteiger partial charge < -0.3 is 25.2 Å². The van der Waals surface area contributed by atoms with Crippen molar-refractivity contribution in [2.75, 3.05) is 0 Å². The van der Waals surface area contributed by atoms with E-state index in [1.54, 1.807) is 0 Å². The van der Waals surface area contributed by atoms with Crippen LogP contribution in [0.5, 0.6) is 0 Å². The number of hydrogen-bond acceptors (Lipinski definition) is 5. The molecule has 0 bridgehead atoms. The minimum atomic E-state index is -1.19. The molecule has 4 aliphatic rings. The smallest absolute Gasteiger partial charge is 0.545 e. The Hall–Kier alpha value is -0.170. The largest absolute Gasteiger partial charge is 1.00 e. The number of hydrogen-bond donors (Lipinski definition) is 3. The molecule has 0 saturated heterocycles. The van der Waals surface area contributed by atoms with Crippen molar-refractivity contribution in [1.29, 1.82) is 0 Å². The Labute approximate surface area is 233 Å². The number of aliphatic carboxylic acids is 1. The van der Waals surface area contributed by atoms with Crippen molar-refractivity contribution in [3.8, 4) is 0 Å². The molecule has 35 heavy (non-hydrogen) atoms. The zero-order valence-corrected chi connectivity index (χ0v) is 24.9. The molecule has 0 heterocycles. The molecule has 10 atom stereocenters. The number of carboxylic acids is 1. The molecule has 6 heteroatoms. The summed E-state index contributed by atoms with van der Waals surface area (Å²) in [5.41, 5.74) is 1.40. The van der Waals surface area contributed by atoms with Crippen molar-refractivity contribution in [2.45, 2.75) is 111 Å².